The van der Waals surface area contributed by atoms with Crippen LogP contribution in [0.3, 0.4) is 0 Å². The second-order valence-corrected chi connectivity index (χ2v) is 5.76. The summed E-state index contributed by atoms with van der Waals surface area (Å²) in [6, 6.07) is 6.79. The van der Waals surface area contributed by atoms with Crippen LogP contribution in [0.2, 0.25) is 0 Å². The number of rotatable bonds is 4. The zero-order valence-electron chi connectivity index (χ0n) is 12.2. The first-order valence-electron chi connectivity index (χ1n) is 7.54. The van der Waals surface area contributed by atoms with Gasteiger partial charge in [-0.05, 0) is 47.7 Å². The van der Waals surface area contributed by atoms with Gasteiger partial charge >= 0.3 is 0 Å². The number of nitrogens with zero attached hydrogens (tertiary/aromatic N) is 5. The van der Waals surface area contributed by atoms with Crippen molar-refractivity contribution in [2.75, 3.05) is 18.6 Å². The molecule has 6 nitrogen and oxygen atoms in total. The van der Waals surface area contributed by atoms with Gasteiger partial charge in [-0.3, -0.25) is 0 Å². The zero-order chi connectivity index (χ0) is 14.2. The molecule has 0 spiro atoms. The summed E-state index contributed by atoms with van der Waals surface area (Å²) in [6.45, 7) is 1.77. The highest BCUT2D eigenvalue weighted by atomic mass is 16.5. The van der Waals surface area contributed by atoms with Crippen LogP contribution in [0.15, 0.2) is 18.2 Å². The molecule has 0 radical (unpaired) electrons. The number of benzene rings is 1. The number of para-hydroxylation sites is 1. The average molecular weight is 285 g/mol. The van der Waals surface area contributed by atoms with Gasteiger partial charge in [0.05, 0.1) is 25.4 Å². The van der Waals surface area contributed by atoms with Crippen LogP contribution in [0.4, 0.5) is 5.69 Å². The van der Waals surface area contributed by atoms with Gasteiger partial charge in [-0.2, -0.15) is 0 Å². The summed E-state index contributed by atoms with van der Waals surface area (Å²) in [4.78, 5) is 2.35. The molecule has 4 rings (SSSR count). The maximum atomic E-state index is 5.55. The first-order chi connectivity index (χ1) is 10.4. The monoisotopic (exact) mass is 285 g/mol. The summed E-state index contributed by atoms with van der Waals surface area (Å²) >= 11 is 0. The van der Waals surface area contributed by atoms with Gasteiger partial charge in [-0.1, -0.05) is 12.1 Å². The van der Waals surface area contributed by atoms with Gasteiger partial charge in [0.1, 0.15) is 5.75 Å². The van der Waals surface area contributed by atoms with Crippen LogP contribution in [-0.4, -0.2) is 33.9 Å². The average Bonchev–Trinajstić information content (AvgIpc) is 3.27. The summed E-state index contributed by atoms with van der Waals surface area (Å²) in [5.41, 5.74) is 2.56. The fourth-order valence-corrected chi connectivity index (χ4v) is 3.11. The Hall–Kier alpha value is -2.11. The van der Waals surface area contributed by atoms with Crippen molar-refractivity contribution in [2.24, 2.45) is 0 Å². The molecule has 21 heavy (non-hydrogen) atoms. The standard InChI is InChI=1S/C15H19N5O/c1-21-13-6-2-4-11-5-3-9-19(15(11)13)10-14-16-17-18-20(14)12-7-8-12/h2,4,6,12H,3,5,7-10H2,1H3. The lowest BCUT2D eigenvalue weighted by atomic mass is 10.0. The third-order valence-electron chi connectivity index (χ3n) is 4.28. The molecule has 0 atom stereocenters. The minimum atomic E-state index is 0.511. The number of aryl methyl sites for hydroxylation is 1. The summed E-state index contributed by atoms with van der Waals surface area (Å²) in [7, 11) is 1.73. The van der Waals surface area contributed by atoms with Crippen molar-refractivity contribution in [3.63, 3.8) is 0 Å². The maximum absolute atomic E-state index is 5.55. The zero-order valence-corrected chi connectivity index (χ0v) is 12.2. The van der Waals surface area contributed by atoms with Crippen LogP contribution in [0.5, 0.6) is 5.75 Å². The van der Waals surface area contributed by atoms with Gasteiger partial charge in [0, 0.05) is 6.54 Å². The molecule has 1 aliphatic heterocycles. The SMILES string of the molecule is COc1cccc2c1N(Cc1nnnn1C1CC1)CCC2. The van der Waals surface area contributed by atoms with Crippen molar-refractivity contribution in [3.8, 4) is 5.75 Å². The minimum absolute atomic E-state index is 0.511. The molecule has 0 saturated heterocycles. The Morgan fingerprint density at radius 2 is 2.24 bits per heavy atom. The first kappa shape index (κ1) is 12.6. The molecule has 2 aromatic rings. The fourth-order valence-electron chi connectivity index (χ4n) is 3.11. The number of hydrogen-bond acceptors (Lipinski definition) is 5. The lowest BCUT2D eigenvalue weighted by Crippen LogP contribution is -2.30. The number of fused-ring (bicyclic) bond motifs is 1. The smallest absolute Gasteiger partial charge is 0.170 e. The lowest BCUT2D eigenvalue weighted by Gasteiger charge is -2.32. The Balaban J connectivity index is 1.66. The summed E-state index contributed by atoms with van der Waals surface area (Å²) < 4.78 is 7.54. The van der Waals surface area contributed by atoms with Crippen LogP contribution in [0, 0.1) is 0 Å². The molecular weight excluding hydrogens is 266 g/mol. The number of aromatic nitrogens is 4. The largest absolute Gasteiger partial charge is 0.495 e. The molecule has 1 aromatic carbocycles. The fraction of sp³-hybridized carbons (Fsp3) is 0.533. The topological polar surface area (TPSA) is 56.1 Å². The minimum Gasteiger partial charge on any atom is -0.495 e. The molecule has 0 amide bonds. The highest BCUT2D eigenvalue weighted by Crippen LogP contribution is 2.38. The van der Waals surface area contributed by atoms with Crippen LogP contribution >= 0.6 is 0 Å². The highest BCUT2D eigenvalue weighted by molar-refractivity contribution is 5.65. The van der Waals surface area contributed by atoms with Crippen molar-refractivity contribution in [2.45, 2.75) is 38.3 Å². The van der Waals surface area contributed by atoms with Crippen LogP contribution in [0.25, 0.3) is 0 Å². The van der Waals surface area contributed by atoms with Crippen LogP contribution in [0.1, 0.15) is 36.7 Å². The van der Waals surface area contributed by atoms with Crippen molar-refractivity contribution < 1.29 is 4.74 Å². The third-order valence-corrected chi connectivity index (χ3v) is 4.28. The molecule has 1 aromatic heterocycles. The van der Waals surface area contributed by atoms with Crippen molar-refractivity contribution in [1.29, 1.82) is 0 Å². The van der Waals surface area contributed by atoms with Crippen LogP contribution in [-0.2, 0) is 13.0 Å². The molecule has 2 aliphatic rings. The lowest BCUT2D eigenvalue weighted by molar-refractivity contribution is 0.411. The Labute approximate surface area is 123 Å². The molecule has 0 bridgehead atoms. The Morgan fingerprint density at radius 1 is 1.33 bits per heavy atom. The van der Waals surface area contributed by atoms with Crippen molar-refractivity contribution >= 4 is 5.69 Å². The second kappa shape index (κ2) is 5.02. The number of hydrogen-bond donors (Lipinski definition) is 0. The van der Waals surface area contributed by atoms with Gasteiger partial charge < -0.3 is 9.64 Å². The van der Waals surface area contributed by atoms with Gasteiger partial charge in [0.25, 0.3) is 0 Å². The Kier molecular flexibility index (Phi) is 3.02. The Bertz CT molecular complexity index is 635. The van der Waals surface area contributed by atoms with E-state index in [-0.39, 0.29) is 0 Å². The van der Waals surface area contributed by atoms with E-state index in [9.17, 15) is 0 Å². The van der Waals surface area contributed by atoms with Gasteiger partial charge in [-0.15, -0.1) is 5.10 Å². The van der Waals surface area contributed by atoms with Gasteiger partial charge in [-0.25, -0.2) is 4.68 Å². The van der Waals surface area contributed by atoms with E-state index < -0.39 is 0 Å². The van der Waals surface area contributed by atoms with E-state index in [4.69, 9.17) is 4.74 Å². The molecule has 110 valence electrons. The van der Waals surface area contributed by atoms with E-state index in [0.717, 1.165) is 37.5 Å². The normalized spacial score (nSPS) is 17.7. The van der Waals surface area contributed by atoms with Crippen molar-refractivity contribution in [1.82, 2.24) is 20.2 Å². The van der Waals surface area contributed by atoms with E-state index in [1.165, 1.54) is 24.1 Å². The molecule has 1 aliphatic carbocycles. The highest BCUT2D eigenvalue weighted by Gasteiger charge is 2.29. The molecular formula is C15H19N5O. The predicted molar refractivity (Wildman–Crippen MR) is 78.5 cm³/mol. The summed E-state index contributed by atoms with van der Waals surface area (Å²) in [6.07, 6.45) is 4.65. The van der Waals surface area contributed by atoms with E-state index in [1.54, 1.807) is 7.11 Å². The number of anilines is 1. The van der Waals surface area contributed by atoms with E-state index in [1.807, 2.05) is 10.7 Å². The molecule has 1 fully saturated rings. The molecule has 2 heterocycles. The quantitative estimate of drug-likeness (QED) is 0.859. The molecule has 6 heteroatoms. The summed E-state index contributed by atoms with van der Waals surface area (Å²) in [5, 5.41) is 12.2. The van der Waals surface area contributed by atoms with E-state index in [0.29, 0.717) is 6.04 Å². The summed E-state index contributed by atoms with van der Waals surface area (Å²) in [5.74, 6) is 1.90. The van der Waals surface area contributed by atoms with Crippen LogP contribution < -0.4 is 9.64 Å². The number of tetrazole rings is 1. The molecule has 0 unspecified atom stereocenters. The van der Waals surface area contributed by atoms with Gasteiger partial charge in [0.15, 0.2) is 5.82 Å². The second-order valence-electron chi connectivity index (χ2n) is 5.76. The molecule has 0 N–H and O–H groups in total. The predicted octanol–water partition coefficient (Wildman–Crippen LogP) is 1.97. The number of ether oxygens (including phenoxy) is 1. The maximum Gasteiger partial charge on any atom is 0.170 e. The first-order valence-corrected chi connectivity index (χ1v) is 7.54. The van der Waals surface area contributed by atoms with E-state index in [2.05, 4.69) is 32.6 Å². The van der Waals surface area contributed by atoms with Crippen molar-refractivity contribution in [3.05, 3.63) is 29.6 Å². The van der Waals surface area contributed by atoms with E-state index >= 15 is 0 Å². The third kappa shape index (κ3) is 2.24. The molecule has 1 saturated carbocycles. The van der Waals surface area contributed by atoms with Gasteiger partial charge in [0.2, 0.25) is 0 Å². The number of methoxy groups -OCH3 is 1. The Morgan fingerprint density at radius 3 is 3.05 bits per heavy atom.